The molecule has 1 atom stereocenters. The van der Waals surface area contributed by atoms with Crippen LogP contribution in [-0.2, 0) is 9.84 Å². The second-order valence-corrected chi connectivity index (χ2v) is 12.7. The standard InChI is InChI=1S/C21H28OSi/c1-8-14-21(16-22-23(6,7)20(3,4)5)15-13-17(2)18-11-9-10-12-19(18)21/h9-15H,1-2,16H2,3-7H3. The fraction of sp³-hybridized carbons (Fsp3) is 0.381. The molecule has 0 fully saturated rings. The first-order valence-corrected chi connectivity index (χ1v) is 11.0. The Morgan fingerprint density at radius 2 is 1.91 bits per heavy atom. The first-order chi connectivity index (χ1) is 10.6. The number of hydrogen-bond acceptors (Lipinski definition) is 1. The van der Waals surface area contributed by atoms with E-state index in [0.29, 0.717) is 6.61 Å². The maximum absolute atomic E-state index is 6.54. The molecule has 0 aromatic heterocycles. The van der Waals surface area contributed by atoms with Gasteiger partial charge in [-0.3, -0.25) is 0 Å². The maximum Gasteiger partial charge on any atom is 0.192 e. The fourth-order valence-corrected chi connectivity index (χ4v) is 3.62. The molecule has 0 radical (unpaired) electrons. The fourth-order valence-electron chi connectivity index (χ4n) is 2.59. The summed E-state index contributed by atoms with van der Waals surface area (Å²) in [4.78, 5) is 0. The van der Waals surface area contributed by atoms with Crippen LogP contribution in [0, 0.1) is 0 Å². The van der Waals surface area contributed by atoms with Gasteiger partial charge in [0.2, 0.25) is 0 Å². The minimum Gasteiger partial charge on any atom is -0.415 e. The van der Waals surface area contributed by atoms with Crippen molar-refractivity contribution in [1.29, 1.82) is 0 Å². The average molecular weight is 325 g/mol. The van der Waals surface area contributed by atoms with Crippen molar-refractivity contribution < 1.29 is 4.43 Å². The SMILES string of the molecule is C=C=CC1(CO[Si](C)(C)C(C)(C)C)C=CC(=C)c2ccccc21. The van der Waals surface area contributed by atoms with Crippen LogP contribution in [0.4, 0.5) is 0 Å². The van der Waals surface area contributed by atoms with Crippen LogP contribution in [0.3, 0.4) is 0 Å². The quantitative estimate of drug-likeness (QED) is 0.497. The molecule has 0 N–H and O–H groups in total. The zero-order valence-electron chi connectivity index (χ0n) is 15.1. The van der Waals surface area contributed by atoms with Crippen LogP contribution in [0.25, 0.3) is 5.57 Å². The van der Waals surface area contributed by atoms with E-state index in [4.69, 9.17) is 4.43 Å². The van der Waals surface area contributed by atoms with Gasteiger partial charge in [-0.25, -0.2) is 0 Å². The van der Waals surface area contributed by atoms with Gasteiger partial charge in [-0.1, -0.05) is 70.3 Å². The Morgan fingerprint density at radius 1 is 1.26 bits per heavy atom. The van der Waals surface area contributed by atoms with Gasteiger partial charge in [-0.15, -0.1) is 5.73 Å². The molecule has 0 saturated carbocycles. The minimum atomic E-state index is -1.83. The summed E-state index contributed by atoms with van der Waals surface area (Å²) in [5.41, 5.74) is 6.13. The normalized spacial score (nSPS) is 20.8. The molecule has 1 aromatic rings. The molecule has 0 amide bonds. The molecule has 0 heterocycles. The second kappa shape index (κ2) is 6.12. The van der Waals surface area contributed by atoms with Gasteiger partial charge in [0.25, 0.3) is 0 Å². The molecule has 23 heavy (non-hydrogen) atoms. The molecule has 2 heteroatoms. The zero-order valence-corrected chi connectivity index (χ0v) is 16.1. The third-order valence-corrected chi connectivity index (χ3v) is 9.67. The molecule has 0 aliphatic heterocycles. The van der Waals surface area contributed by atoms with Gasteiger partial charge in [-0.05, 0) is 40.9 Å². The van der Waals surface area contributed by atoms with Crippen LogP contribution in [0.1, 0.15) is 31.9 Å². The second-order valence-electron chi connectivity index (χ2n) is 7.84. The molecule has 122 valence electrons. The molecule has 1 aromatic carbocycles. The molecule has 1 nitrogen and oxygen atoms in total. The Hall–Kier alpha value is -1.60. The molecular formula is C21H28OSi. The summed E-state index contributed by atoms with van der Waals surface area (Å²) in [5, 5.41) is 0.188. The topological polar surface area (TPSA) is 9.23 Å². The van der Waals surface area contributed by atoms with E-state index >= 15 is 0 Å². The summed E-state index contributed by atoms with van der Waals surface area (Å²) >= 11 is 0. The van der Waals surface area contributed by atoms with E-state index in [-0.39, 0.29) is 10.5 Å². The average Bonchev–Trinajstić information content (AvgIpc) is 2.48. The monoisotopic (exact) mass is 324 g/mol. The van der Waals surface area contributed by atoms with Crippen molar-refractivity contribution >= 4 is 13.9 Å². The van der Waals surface area contributed by atoms with Gasteiger partial charge < -0.3 is 4.43 Å². The number of rotatable bonds is 4. The highest BCUT2D eigenvalue weighted by Gasteiger charge is 2.40. The number of allylic oxidation sites excluding steroid dienone is 2. The highest BCUT2D eigenvalue weighted by molar-refractivity contribution is 6.74. The first-order valence-electron chi connectivity index (χ1n) is 8.12. The summed E-state index contributed by atoms with van der Waals surface area (Å²) in [6.07, 6.45) is 6.30. The molecule has 2 rings (SSSR count). The Balaban J connectivity index is 2.44. The molecule has 0 spiro atoms. The van der Waals surface area contributed by atoms with Crippen molar-refractivity contribution in [1.82, 2.24) is 0 Å². The Kier molecular flexibility index (Phi) is 4.73. The summed E-state index contributed by atoms with van der Waals surface area (Å²) in [7, 11) is -1.83. The summed E-state index contributed by atoms with van der Waals surface area (Å²) in [5.74, 6) is 0. The zero-order chi connectivity index (χ0) is 17.3. The van der Waals surface area contributed by atoms with Crippen LogP contribution < -0.4 is 0 Å². The van der Waals surface area contributed by atoms with Crippen molar-refractivity contribution in [2.45, 2.75) is 44.3 Å². The molecule has 0 saturated heterocycles. The van der Waals surface area contributed by atoms with Crippen LogP contribution in [0.2, 0.25) is 18.1 Å². The molecule has 1 aliphatic rings. The van der Waals surface area contributed by atoms with Gasteiger partial charge in [0, 0.05) is 0 Å². The van der Waals surface area contributed by atoms with Gasteiger partial charge in [0.1, 0.15) is 0 Å². The minimum absolute atomic E-state index is 0.188. The predicted molar refractivity (Wildman–Crippen MR) is 103 cm³/mol. The first kappa shape index (κ1) is 17.7. The Bertz CT molecular complexity index is 684. The molecule has 1 unspecified atom stereocenters. The lowest BCUT2D eigenvalue weighted by Gasteiger charge is -2.40. The predicted octanol–water partition coefficient (Wildman–Crippen LogP) is 5.87. The highest BCUT2D eigenvalue weighted by atomic mass is 28.4. The van der Waals surface area contributed by atoms with E-state index in [1.54, 1.807) is 0 Å². The molecule has 1 aliphatic carbocycles. The van der Waals surface area contributed by atoms with E-state index in [1.165, 1.54) is 11.1 Å². The van der Waals surface area contributed by atoms with Gasteiger partial charge in [0.05, 0.1) is 12.0 Å². The maximum atomic E-state index is 6.54. The number of fused-ring (bicyclic) bond motifs is 1. The van der Waals surface area contributed by atoms with Gasteiger partial charge in [0.15, 0.2) is 8.32 Å². The number of benzene rings is 1. The van der Waals surface area contributed by atoms with Crippen molar-refractivity contribution in [3.05, 3.63) is 72.5 Å². The summed E-state index contributed by atoms with van der Waals surface area (Å²) in [6.45, 7) is 20.0. The van der Waals surface area contributed by atoms with E-state index < -0.39 is 8.32 Å². The van der Waals surface area contributed by atoms with E-state index in [1.807, 2.05) is 6.08 Å². The van der Waals surface area contributed by atoms with Crippen molar-refractivity contribution in [3.8, 4) is 0 Å². The van der Waals surface area contributed by atoms with Gasteiger partial charge >= 0.3 is 0 Å². The van der Waals surface area contributed by atoms with Crippen LogP contribution in [-0.4, -0.2) is 14.9 Å². The molecular weight excluding hydrogens is 296 g/mol. The van der Waals surface area contributed by atoms with Crippen molar-refractivity contribution in [3.63, 3.8) is 0 Å². The lowest BCUT2D eigenvalue weighted by Crippen LogP contribution is -2.44. The lowest BCUT2D eigenvalue weighted by atomic mass is 9.73. The van der Waals surface area contributed by atoms with Crippen molar-refractivity contribution in [2.24, 2.45) is 0 Å². The summed E-state index contributed by atoms with van der Waals surface area (Å²) < 4.78 is 6.54. The van der Waals surface area contributed by atoms with Crippen LogP contribution in [0.15, 0.2) is 61.4 Å². The van der Waals surface area contributed by atoms with Gasteiger partial charge in [-0.2, -0.15) is 0 Å². The van der Waals surface area contributed by atoms with E-state index in [2.05, 4.69) is 89.2 Å². The lowest BCUT2D eigenvalue weighted by molar-refractivity contribution is 0.249. The Labute approximate surface area is 142 Å². The van der Waals surface area contributed by atoms with Crippen LogP contribution >= 0.6 is 0 Å². The largest absolute Gasteiger partial charge is 0.415 e. The third-order valence-electron chi connectivity index (χ3n) is 5.19. The number of hydrogen-bond donors (Lipinski definition) is 0. The highest BCUT2D eigenvalue weighted by Crippen LogP contribution is 2.42. The third kappa shape index (κ3) is 3.35. The van der Waals surface area contributed by atoms with E-state index in [0.717, 1.165) is 5.57 Å². The van der Waals surface area contributed by atoms with Crippen molar-refractivity contribution in [2.75, 3.05) is 6.61 Å². The van der Waals surface area contributed by atoms with E-state index in [9.17, 15) is 0 Å². The molecule has 0 bridgehead atoms. The smallest absolute Gasteiger partial charge is 0.192 e. The van der Waals surface area contributed by atoms with Crippen LogP contribution in [0.5, 0.6) is 0 Å². The summed E-state index contributed by atoms with van der Waals surface area (Å²) in [6, 6.07) is 8.41. The Morgan fingerprint density at radius 3 is 2.52 bits per heavy atom.